The van der Waals surface area contributed by atoms with Crippen LogP contribution in [0.5, 0.6) is 0 Å². The van der Waals surface area contributed by atoms with E-state index >= 15 is 0 Å². The fourth-order valence-corrected chi connectivity index (χ4v) is 4.44. The van der Waals surface area contributed by atoms with Crippen molar-refractivity contribution in [1.29, 1.82) is 0 Å². The van der Waals surface area contributed by atoms with Crippen LogP contribution in [0.2, 0.25) is 5.15 Å². The van der Waals surface area contributed by atoms with Gasteiger partial charge in [0, 0.05) is 17.7 Å². The highest BCUT2D eigenvalue weighted by molar-refractivity contribution is 6.30. The third-order valence-electron chi connectivity index (χ3n) is 6.15. The van der Waals surface area contributed by atoms with Crippen molar-refractivity contribution in [2.75, 3.05) is 10.6 Å². The van der Waals surface area contributed by atoms with Crippen LogP contribution >= 0.6 is 11.6 Å². The van der Waals surface area contributed by atoms with E-state index in [1.165, 1.54) is 6.42 Å². The average Bonchev–Trinajstić information content (AvgIpc) is 3.20. The second kappa shape index (κ2) is 10.9. The molecule has 0 saturated heterocycles. The highest BCUT2D eigenvalue weighted by Crippen LogP contribution is 2.32. The lowest BCUT2D eigenvalue weighted by molar-refractivity contribution is -0.120. The van der Waals surface area contributed by atoms with Crippen LogP contribution in [0.3, 0.4) is 0 Å². The van der Waals surface area contributed by atoms with E-state index in [1.54, 1.807) is 44.3 Å². The molecule has 0 spiro atoms. The average molecular weight is 498 g/mol. The summed E-state index contributed by atoms with van der Waals surface area (Å²) in [5.41, 5.74) is 3.17. The Bertz CT molecular complexity index is 1220. The summed E-state index contributed by atoms with van der Waals surface area (Å²) >= 11 is 6.10. The van der Waals surface area contributed by atoms with E-state index in [4.69, 9.17) is 20.9 Å². The molecule has 9 nitrogen and oxygen atoms in total. The Balaban J connectivity index is 1.46. The van der Waals surface area contributed by atoms with Gasteiger partial charge in [-0.1, -0.05) is 42.1 Å². The fourth-order valence-electron chi connectivity index (χ4n) is 4.17. The minimum atomic E-state index is -0.696. The van der Waals surface area contributed by atoms with Crippen molar-refractivity contribution in [1.82, 2.24) is 15.1 Å². The lowest BCUT2D eigenvalue weighted by Gasteiger charge is -2.21. The number of nitrogens with zero attached hydrogens (tertiary/aromatic N) is 3. The van der Waals surface area contributed by atoms with Crippen LogP contribution in [-0.2, 0) is 9.53 Å². The highest BCUT2D eigenvalue weighted by Gasteiger charge is 2.24. The molecule has 3 aromatic rings. The minimum Gasteiger partial charge on any atom is -0.441 e. The number of aromatic nitrogens is 3. The molecule has 4 rings (SSSR count). The lowest BCUT2D eigenvalue weighted by atomic mass is 9.88. The van der Waals surface area contributed by atoms with Gasteiger partial charge >= 0.3 is 6.09 Å². The first-order valence-electron chi connectivity index (χ1n) is 11.7. The summed E-state index contributed by atoms with van der Waals surface area (Å²) in [4.78, 5) is 33.8. The first kappa shape index (κ1) is 24.7. The van der Waals surface area contributed by atoms with E-state index in [1.807, 2.05) is 6.92 Å². The third-order valence-corrected chi connectivity index (χ3v) is 6.47. The van der Waals surface area contributed by atoms with Crippen LogP contribution in [-0.4, -0.2) is 27.1 Å². The topological polar surface area (TPSA) is 119 Å². The van der Waals surface area contributed by atoms with Crippen LogP contribution in [0, 0.1) is 19.8 Å². The summed E-state index contributed by atoms with van der Waals surface area (Å²) in [6.07, 6.45) is 5.46. The fraction of sp³-hybridized carbons (Fsp3) is 0.400. The van der Waals surface area contributed by atoms with Crippen LogP contribution in [0.25, 0.3) is 11.5 Å². The molecular weight excluding hydrogens is 470 g/mol. The molecule has 0 bridgehead atoms. The standard InChI is InChI=1S/C25H28ClN5O4/c1-14-19(29-24(32)17-8-5-4-6-9-17)11-12-20(28-14)22-21(15(2)31-35-22)30-25(33)34-16(3)18-10-7-13-27-23(18)26/h7,10-13,16-17H,4-6,8-9H2,1-3H3,(H,29,32)(H,30,33)/t16-/m0/s1. The largest absolute Gasteiger partial charge is 0.441 e. The van der Waals surface area contributed by atoms with Crippen molar-refractivity contribution >= 4 is 35.0 Å². The highest BCUT2D eigenvalue weighted by atomic mass is 35.5. The maximum absolute atomic E-state index is 12.6. The van der Waals surface area contributed by atoms with Crippen LogP contribution in [0.4, 0.5) is 16.2 Å². The Morgan fingerprint density at radius 3 is 2.60 bits per heavy atom. The van der Waals surface area contributed by atoms with Gasteiger partial charge in [0.05, 0.1) is 11.4 Å². The molecule has 10 heteroatoms. The number of nitrogens with one attached hydrogen (secondary N) is 2. The molecule has 1 aliphatic rings. The van der Waals surface area contributed by atoms with E-state index in [0.29, 0.717) is 39.8 Å². The van der Waals surface area contributed by atoms with E-state index in [-0.39, 0.29) is 17.0 Å². The molecule has 184 valence electrons. The smallest absolute Gasteiger partial charge is 0.412 e. The molecule has 1 saturated carbocycles. The number of halogens is 1. The molecule has 1 aliphatic carbocycles. The Morgan fingerprint density at radius 2 is 1.89 bits per heavy atom. The van der Waals surface area contributed by atoms with Gasteiger partial charge in [0.2, 0.25) is 11.7 Å². The van der Waals surface area contributed by atoms with Crippen LogP contribution in [0.15, 0.2) is 35.0 Å². The third kappa shape index (κ3) is 5.79. The molecule has 3 aromatic heterocycles. The number of hydrogen-bond donors (Lipinski definition) is 2. The molecule has 1 fully saturated rings. The minimum absolute atomic E-state index is 0.0331. The maximum atomic E-state index is 12.6. The normalized spacial score (nSPS) is 14.9. The predicted octanol–water partition coefficient (Wildman–Crippen LogP) is 6.23. The van der Waals surface area contributed by atoms with Gasteiger partial charge in [0.25, 0.3) is 0 Å². The quantitative estimate of drug-likeness (QED) is 0.387. The van der Waals surface area contributed by atoms with Crippen molar-refractivity contribution in [2.24, 2.45) is 5.92 Å². The van der Waals surface area contributed by atoms with Gasteiger partial charge < -0.3 is 14.6 Å². The zero-order valence-corrected chi connectivity index (χ0v) is 20.7. The summed E-state index contributed by atoms with van der Waals surface area (Å²) in [5.74, 6) is 0.371. The molecule has 0 aromatic carbocycles. The van der Waals surface area contributed by atoms with Crippen molar-refractivity contribution in [3.05, 3.63) is 52.6 Å². The van der Waals surface area contributed by atoms with E-state index < -0.39 is 12.2 Å². The summed E-state index contributed by atoms with van der Waals surface area (Å²) < 4.78 is 10.9. The first-order valence-corrected chi connectivity index (χ1v) is 12.0. The number of amides is 2. The summed E-state index contributed by atoms with van der Waals surface area (Å²) in [6, 6.07) is 6.96. The van der Waals surface area contributed by atoms with Crippen molar-refractivity contribution in [3.8, 4) is 11.5 Å². The number of carbonyl (C=O) groups is 2. The van der Waals surface area contributed by atoms with Crippen LogP contribution in [0.1, 0.15) is 62.1 Å². The van der Waals surface area contributed by atoms with E-state index in [9.17, 15) is 9.59 Å². The predicted molar refractivity (Wildman–Crippen MR) is 132 cm³/mol. The monoisotopic (exact) mass is 497 g/mol. The molecule has 2 amide bonds. The molecule has 0 radical (unpaired) electrons. The zero-order valence-electron chi connectivity index (χ0n) is 19.9. The summed E-state index contributed by atoms with van der Waals surface area (Å²) in [5, 5.41) is 9.94. The van der Waals surface area contributed by atoms with E-state index in [0.717, 1.165) is 25.7 Å². The van der Waals surface area contributed by atoms with Crippen molar-refractivity contribution in [2.45, 2.75) is 59.0 Å². The van der Waals surface area contributed by atoms with Gasteiger partial charge in [-0.2, -0.15) is 0 Å². The molecule has 0 aliphatic heterocycles. The molecule has 0 unspecified atom stereocenters. The Labute approximate surface area is 208 Å². The number of carbonyl (C=O) groups excluding carboxylic acids is 2. The van der Waals surface area contributed by atoms with Gasteiger partial charge in [-0.05, 0) is 51.8 Å². The Hall–Kier alpha value is -3.46. The molecular formula is C25H28ClN5O4. The molecule has 35 heavy (non-hydrogen) atoms. The van der Waals surface area contributed by atoms with Crippen molar-refractivity contribution < 1.29 is 18.8 Å². The molecule has 2 N–H and O–H groups in total. The molecule has 1 atom stereocenters. The van der Waals surface area contributed by atoms with Gasteiger partial charge in [0.15, 0.2) is 0 Å². The Kier molecular flexibility index (Phi) is 7.65. The van der Waals surface area contributed by atoms with Gasteiger partial charge in [-0.15, -0.1) is 0 Å². The second-order valence-corrected chi connectivity index (χ2v) is 9.04. The van der Waals surface area contributed by atoms with Crippen LogP contribution < -0.4 is 10.6 Å². The summed E-state index contributed by atoms with van der Waals surface area (Å²) in [6.45, 7) is 5.22. The van der Waals surface area contributed by atoms with Gasteiger partial charge in [-0.25, -0.2) is 14.8 Å². The maximum Gasteiger partial charge on any atom is 0.412 e. The number of pyridine rings is 2. The number of ether oxygens (including phenoxy) is 1. The Morgan fingerprint density at radius 1 is 1.11 bits per heavy atom. The number of aryl methyl sites for hydroxylation is 2. The summed E-state index contributed by atoms with van der Waals surface area (Å²) in [7, 11) is 0. The van der Waals surface area contributed by atoms with Crippen molar-refractivity contribution in [3.63, 3.8) is 0 Å². The number of hydrogen-bond acceptors (Lipinski definition) is 7. The first-order chi connectivity index (χ1) is 16.8. The zero-order chi connectivity index (χ0) is 24.9. The van der Waals surface area contributed by atoms with E-state index in [2.05, 4.69) is 25.8 Å². The number of rotatable bonds is 6. The lowest BCUT2D eigenvalue weighted by Crippen LogP contribution is -2.25. The van der Waals surface area contributed by atoms with Gasteiger partial charge in [-0.3, -0.25) is 10.1 Å². The molecule has 3 heterocycles. The SMILES string of the molecule is Cc1nc(-c2onc(C)c2NC(=O)O[C@@H](C)c2cccnc2Cl)ccc1NC(=O)C1CCCCC1. The number of anilines is 2. The van der Waals surface area contributed by atoms with Gasteiger partial charge in [0.1, 0.15) is 28.3 Å². The second-order valence-electron chi connectivity index (χ2n) is 8.68.